The second kappa shape index (κ2) is 9.47. The molecule has 2 aromatic rings. The highest BCUT2D eigenvalue weighted by molar-refractivity contribution is 9.10. The van der Waals surface area contributed by atoms with Crippen LogP contribution < -0.4 is 5.32 Å². The fourth-order valence-electron chi connectivity index (χ4n) is 1.84. The van der Waals surface area contributed by atoms with Crippen molar-refractivity contribution in [1.82, 2.24) is 0 Å². The first-order valence-electron chi connectivity index (χ1n) is 7.12. The van der Waals surface area contributed by atoms with E-state index in [0.29, 0.717) is 11.3 Å². The molecule has 0 aliphatic rings. The number of carbonyl (C=O) groups excluding carboxylic acids is 2. The Morgan fingerprint density at radius 3 is 2.36 bits per heavy atom. The summed E-state index contributed by atoms with van der Waals surface area (Å²) in [6.07, 6.45) is 0. The van der Waals surface area contributed by atoms with Crippen molar-refractivity contribution in [3.8, 4) is 6.07 Å². The zero-order chi connectivity index (χ0) is 18.2. The lowest BCUT2D eigenvalue weighted by Crippen LogP contribution is -2.14. The van der Waals surface area contributed by atoms with Crippen LogP contribution in [0.15, 0.2) is 68.9 Å². The maximum atomic E-state index is 12.2. The third-order valence-corrected chi connectivity index (χ3v) is 5.11. The number of halogens is 1. The number of hydrogen-bond acceptors (Lipinski definition) is 5. The summed E-state index contributed by atoms with van der Waals surface area (Å²) < 4.78 is 1.09. The number of Topliss-reactive ketones (excluding diaryl/α,β-unsaturated/α-hetero) is 1. The van der Waals surface area contributed by atoms with Gasteiger partial charge in [0.15, 0.2) is 5.78 Å². The van der Waals surface area contributed by atoms with Crippen molar-refractivity contribution in [2.45, 2.75) is 0 Å². The number of rotatable bonds is 6. The van der Waals surface area contributed by atoms with Crippen LogP contribution >= 0.6 is 40.3 Å². The monoisotopic (exact) mass is 432 g/mol. The zero-order valence-corrected chi connectivity index (χ0v) is 16.2. The Morgan fingerprint density at radius 1 is 1.12 bits per heavy atom. The van der Waals surface area contributed by atoms with Gasteiger partial charge in [-0.3, -0.25) is 9.59 Å². The quantitative estimate of drug-likeness (QED) is 0.301. The minimum absolute atomic E-state index is 0.0947. The third-order valence-electron chi connectivity index (χ3n) is 3.09. The van der Waals surface area contributed by atoms with Crippen molar-refractivity contribution in [1.29, 1.82) is 5.26 Å². The predicted octanol–water partition coefficient (Wildman–Crippen LogP) is 4.67. The molecule has 0 unspecified atom stereocenters. The van der Waals surface area contributed by atoms with E-state index in [0.717, 1.165) is 16.2 Å². The molecule has 0 aliphatic carbocycles. The summed E-state index contributed by atoms with van der Waals surface area (Å²) in [4.78, 5) is 24.3. The van der Waals surface area contributed by atoms with Gasteiger partial charge in [-0.15, -0.1) is 24.4 Å². The SMILES string of the molecule is N#C/C(C(=O)Nc1ccc(Br)cc1)=C(/S)SCC(=O)c1ccccc1. The van der Waals surface area contributed by atoms with Crippen LogP contribution in [-0.4, -0.2) is 17.4 Å². The molecular weight excluding hydrogens is 420 g/mol. The van der Waals surface area contributed by atoms with Gasteiger partial charge in [-0.25, -0.2) is 0 Å². The fraction of sp³-hybridized carbons (Fsp3) is 0.0556. The smallest absolute Gasteiger partial charge is 0.268 e. The number of benzene rings is 2. The lowest BCUT2D eigenvalue weighted by atomic mass is 10.2. The molecule has 0 heterocycles. The number of nitrogens with one attached hydrogen (secondary N) is 1. The number of anilines is 1. The van der Waals surface area contributed by atoms with Gasteiger partial charge in [-0.1, -0.05) is 46.3 Å². The molecule has 0 radical (unpaired) electrons. The van der Waals surface area contributed by atoms with Crippen LogP contribution in [0.5, 0.6) is 0 Å². The van der Waals surface area contributed by atoms with Crippen LogP contribution in [-0.2, 0) is 4.79 Å². The Labute approximate surface area is 163 Å². The molecule has 1 N–H and O–H groups in total. The molecule has 4 nitrogen and oxygen atoms in total. The maximum absolute atomic E-state index is 12.2. The fourth-order valence-corrected chi connectivity index (χ4v) is 3.16. The van der Waals surface area contributed by atoms with E-state index in [4.69, 9.17) is 0 Å². The average molecular weight is 433 g/mol. The lowest BCUT2D eigenvalue weighted by Gasteiger charge is -2.07. The summed E-state index contributed by atoms with van der Waals surface area (Å²) in [7, 11) is 0. The minimum atomic E-state index is -0.561. The van der Waals surface area contributed by atoms with Crippen LogP contribution in [0.2, 0.25) is 0 Å². The van der Waals surface area contributed by atoms with Crippen molar-refractivity contribution in [2.24, 2.45) is 0 Å². The van der Waals surface area contributed by atoms with Gasteiger partial charge in [0.1, 0.15) is 11.6 Å². The van der Waals surface area contributed by atoms with E-state index in [1.165, 1.54) is 0 Å². The van der Waals surface area contributed by atoms with Gasteiger partial charge >= 0.3 is 0 Å². The molecule has 2 rings (SSSR count). The summed E-state index contributed by atoms with van der Waals surface area (Å²) in [5.74, 6) is -0.559. The molecule has 0 bridgehead atoms. The van der Waals surface area contributed by atoms with Crippen LogP contribution in [0.25, 0.3) is 0 Å². The normalized spacial score (nSPS) is 11.2. The molecule has 0 aliphatic heterocycles. The van der Waals surface area contributed by atoms with Crippen molar-refractivity contribution in [3.63, 3.8) is 0 Å². The van der Waals surface area contributed by atoms with E-state index in [-0.39, 0.29) is 21.3 Å². The minimum Gasteiger partial charge on any atom is -0.321 e. The van der Waals surface area contributed by atoms with E-state index in [2.05, 4.69) is 33.9 Å². The summed E-state index contributed by atoms with van der Waals surface area (Å²) in [6, 6.07) is 17.6. The van der Waals surface area contributed by atoms with Gasteiger partial charge in [0.25, 0.3) is 5.91 Å². The van der Waals surface area contributed by atoms with Crippen molar-refractivity contribution < 1.29 is 9.59 Å². The van der Waals surface area contributed by atoms with Crippen molar-refractivity contribution in [3.05, 3.63) is 74.4 Å². The molecule has 1 amide bonds. The number of hydrogen-bond donors (Lipinski definition) is 2. The van der Waals surface area contributed by atoms with E-state index in [1.807, 2.05) is 12.1 Å². The molecule has 7 heteroatoms. The standard InChI is InChI=1S/C18H13BrN2O2S2/c19-13-6-8-14(9-7-13)21-17(23)15(10-20)18(24)25-11-16(22)12-4-2-1-3-5-12/h1-9,24H,11H2,(H,21,23)/b18-15+. The molecule has 0 fully saturated rings. The first-order chi connectivity index (χ1) is 12.0. The number of thioether (sulfide) groups is 1. The van der Waals surface area contributed by atoms with Crippen molar-refractivity contribution in [2.75, 3.05) is 11.1 Å². The van der Waals surface area contributed by atoms with Gasteiger partial charge in [-0.2, -0.15) is 5.26 Å². The predicted molar refractivity (Wildman–Crippen MR) is 108 cm³/mol. The van der Waals surface area contributed by atoms with E-state index < -0.39 is 5.91 Å². The number of amides is 1. The Balaban J connectivity index is 2.03. The van der Waals surface area contributed by atoms with Gasteiger partial charge < -0.3 is 5.32 Å². The number of carbonyl (C=O) groups is 2. The van der Waals surface area contributed by atoms with Crippen LogP contribution in [0.1, 0.15) is 10.4 Å². The molecule has 0 atom stereocenters. The third kappa shape index (κ3) is 5.78. The van der Waals surface area contributed by atoms with E-state index in [1.54, 1.807) is 48.5 Å². The van der Waals surface area contributed by atoms with Gasteiger partial charge in [0.2, 0.25) is 0 Å². The summed E-state index contributed by atoms with van der Waals surface area (Å²) in [5, 5.41) is 11.9. The number of ketones is 1. The van der Waals surface area contributed by atoms with Crippen LogP contribution in [0, 0.1) is 11.3 Å². The molecule has 2 aromatic carbocycles. The summed E-state index contributed by atoms with van der Waals surface area (Å²) in [6.45, 7) is 0. The highest BCUT2D eigenvalue weighted by Gasteiger charge is 2.15. The maximum Gasteiger partial charge on any atom is 0.268 e. The van der Waals surface area contributed by atoms with Crippen LogP contribution in [0.3, 0.4) is 0 Å². The first-order valence-corrected chi connectivity index (χ1v) is 9.35. The lowest BCUT2D eigenvalue weighted by molar-refractivity contribution is -0.112. The Morgan fingerprint density at radius 2 is 1.76 bits per heavy atom. The Kier molecular flexibility index (Phi) is 7.31. The Bertz CT molecular complexity index is 844. The highest BCUT2D eigenvalue weighted by atomic mass is 79.9. The molecule has 25 heavy (non-hydrogen) atoms. The molecule has 0 saturated carbocycles. The van der Waals surface area contributed by atoms with Gasteiger partial charge in [0, 0.05) is 15.7 Å². The number of thiol groups is 1. The highest BCUT2D eigenvalue weighted by Crippen LogP contribution is 2.25. The zero-order valence-electron chi connectivity index (χ0n) is 12.9. The molecular formula is C18H13BrN2O2S2. The average Bonchev–Trinajstić information content (AvgIpc) is 2.63. The molecule has 0 spiro atoms. The summed E-state index contributed by atoms with van der Waals surface area (Å²) in [5.41, 5.74) is 1.01. The first kappa shape index (κ1) is 19.3. The molecule has 126 valence electrons. The summed E-state index contributed by atoms with van der Waals surface area (Å²) >= 11 is 8.58. The van der Waals surface area contributed by atoms with E-state index in [9.17, 15) is 14.9 Å². The van der Waals surface area contributed by atoms with Gasteiger partial charge in [0.05, 0.1) is 9.99 Å². The van der Waals surface area contributed by atoms with Gasteiger partial charge in [-0.05, 0) is 24.3 Å². The van der Waals surface area contributed by atoms with Crippen molar-refractivity contribution >= 4 is 57.7 Å². The number of nitriles is 1. The second-order valence-electron chi connectivity index (χ2n) is 4.83. The number of nitrogens with zero attached hydrogens (tertiary/aromatic N) is 1. The van der Waals surface area contributed by atoms with E-state index >= 15 is 0 Å². The van der Waals surface area contributed by atoms with Crippen LogP contribution in [0.4, 0.5) is 5.69 Å². The second-order valence-corrected chi connectivity index (χ2v) is 7.48. The molecule has 0 aromatic heterocycles. The largest absolute Gasteiger partial charge is 0.321 e. The Hall–Kier alpha value is -2.01. The molecule has 0 saturated heterocycles. The topological polar surface area (TPSA) is 70.0 Å².